The highest BCUT2D eigenvalue weighted by Crippen LogP contribution is 2.27. The Bertz CT molecular complexity index is 883. The molecule has 0 unspecified atom stereocenters. The van der Waals surface area contributed by atoms with Crippen molar-refractivity contribution in [2.24, 2.45) is 0 Å². The third-order valence-electron chi connectivity index (χ3n) is 3.47. The molecule has 142 valence electrons. The molecule has 1 aromatic carbocycles. The van der Waals surface area contributed by atoms with Crippen molar-refractivity contribution in [3.05, 3.63) is 42.7 Å². The highest BCUT2D eigenvalue weighted by atomic mass is 32.2. The van der Waals surface area contributed by atoms with Crippen molar-refractivity contribution in [1.82, 2.24) is 14.8 Å². The fourth-order valence-electron chi connectivity index (χ4n) is 2.32. The van der Waals surface area contributed by atoms with Crippen molar-refractivity contribution in [3.63, 3.8) is 0 Å². The van der Waals surface area contributed by atoms with E-state index in [1.165, 1.54) is 11.8 Å². The number of alkyl halides is 2. The highest BCUT2D eigenvalue weighted by molar-refractivity contribution is 8.00. The minimum atomic E-state index is -2.47. The molecule has 3 aromatic rings. The molecule has 0 saturated heterocycles. The van der Waals surface area contributed by atoms with Gasteiger partial charge in [-0.1, -0.05) is 23.5 Å². The lowest BCUT2D eigenvalue weighted by atomic mass is 10.3. The maximum absolute atomic E-state index is 12.3. The van der Waals surface area contributed by atoms with Crippen LogP contribution < -0.4 is 5.32 Å². The molecule has 0 aliphatic rings. The number of aromatic nitrogens is 3. The van der Waals surface area contributed by atoms with Crippen molar-refractivity contribution in [1.29, 1.82) is 0 Å². The summed E-state index contributed by atoms with van der Waals surface area (Å²) in [7, 11) is 0. The van der Waals surface area contributed by atoms with Gasteiger partial charge in [0.2, 0.25) is 5.91 Å². The predicted molar refractivity (Wildman–Crippen MR) is 101 cm³/mol. The summed E-state index contributed by atoms with van der Waals surface area (Å²) in [5.74, 6) is -1.33. The van der Waals surface area contributed by atoms with Crippen LogP contribution in [0.5, 0.6) is 0 Å². The van der Waals surface area contributed by atoms with Crippen LogP contribution in [-0.4, -0.2) is 32.2 Å². The molecule has 1 N–H and O–H groups in total. The van der Waals surface area contributed by atoms with E-state index >= 15 is 0 Å². The molecule has 1 amide bonds. The number of anilines is 1. The van der Waals surface area contributed by atoms with Crippen LogP contribution in [-0.2, 0) is 11.3 Å². The molecule has 0 aliphatic carbocycles. The molecular weight excluding hydrogens is 394 g/mol. The second kappa shape index (κ2) is 9.05. The van der Waals surface area contributed by atoms with Crippen molar-refractivity contribution in [2.75, 3.05) is 11.1 Å². The molecule has 0 spiro atoms. The van der Waals surface area contributed by atoms with Gasteiger partial charge in [0.25, 0.3) is 5.76 Å². The number of benzene rings is 1. The highest BCUT2D eigenvalue weighted by Gasteiger charge is 2.16. The standard InChI is InChI=1S/C17H16F2N4O2S2/c1-2-23-15(13-4-3-9-25-13)21-22-17(23)26-10-14(24)20-11-5-7-12(8-6-11)27-16(18)19/h3-9,16H,2,10H2,1H3,(H,20,24). The minimum Gasteiger partial charge on any atom is -0.461 e. The fourth-order valence-corrected chi connectivity index (χ4v) is 3.62. The molecule has 3 rings (SSSR count). The summed E-state index contributed by atoms with van der Waals surface area (Å²) in [6.07, 6.45) is 1.56. The lowest BCUT2D eigenvalue weighted by Gasteiger charge is -2.07. The average Bonchev–Trinajstić information content (AvgIpc) is 3.30. The Morgan fingerprint density at radius 2 is 2.04 bits per heavy atom. The van der Waals surface area contributed by atoms with Crippen molar-refractivity contribution < 1.29 is 18.0 Å². The van der Waals surface area contributed by atoms with Gasteiger partial charge in [0.05, 0.1) is 12.0 Å². The number of carbonyl (C=O) groups is 1. The topological polar surface area (TPSA) is 73.0 Å². The fraction of sp³-hybridized carbons (Fsp3) is 0.235. The number of nitrogens with zero attached hydrogens (tertiary/aromatic N) is 3. The van der Waals surface area contributed by atoms with E-state index in [0.29, 0.717) is 45.6 Å². The molecular formula is C17H16F2N4O2S2. The zero-order valence-corrected chi connectivity index (χ0v) is 15.9. The van der Waals surface area contributed by atoms with Gasteiger partial charge in [0.15, 0.2) is 16.7 Å². The minimum absolute atomic E-state index is 0.143. The van der Waals surface area contributed by atoms with E-state index < -0.39 is 5.76 Å². The number of rotatable bonds is 8. The summed E-state index contributed by atoms with van der Waals surface area (Å²) in [6, 6.07) is 9.85. The molecule has 0 atom stereocenters. The van der Waals surface area contributed by atoms with E-state index in [2.05, 4.69) is 15.5 Å². The lowest BCUT2D eigenvalue weighted by Crippen LogP contribution is -2.14. The first kappa shape index (κ1) is 19.4. The average molecular weight is 410 g/mol. The van der Waals surface area contributed by atoms with Crippen LogP contribution in [0.15, 0.2) is 57.1 Å². The van der Waals surface area contributed by atoms with Gasteiger partial charge >= 0.3 is 0 Å². The number of halogens is 2. The normalized spacial score (nSPS) is 11.1. The smallest absolute Gasteiger partial charge is 0.288 e. The Hall–Kier alpha value is -2.33. The van der Waals surface area contributed by atoms with Crippen LogP contribution >= 0.6 is 23.5 Å². The van der Waals surface area contributed by atoms with Gasteiger partial charge in [-0.15, -0.1) is 10.2 Å². The van der Waals surface area contributed by atoms with Crippen LogP contribution in [0.2, 0.25) is 0 Å². The Labute approximate surface area is 162 Å². The number of furan rings is 1. The molecule has 0 saturated carbocycles. The summed E-state index contributed by atoms with van der Waals surface area (Å²) in [4.78, 5) is 12.6. The zero-order chi connectivity index (χ0) is 19.2. The van der Waals surface area contributed by atoms with Gasteiger partial charge in [-0.25, -0.2) is 0 Å². The van der Waals surface area contributed by atoms with E-state index in [4.69, 9.17) is 4.42 Å². The Balaban J connectivity index is 1.58. The Morgan fingerprint density at radius 3 is 2.67 bits per heavy atom. The summed E-state index contributed by atoms with van der Waals surface area (Å²) in [5, 5.41) is 11.6. The quantitative estimate of drug-likeness (QED) is 0.547. The molecule has 2 heterocycles. The van der Waals surface area contributed by atoms with Crippen LogP contribution in [0, 0.1) is 0 Å². The van der Waals surface area contributed by atoms with Crippen LogP contribution in [0.4, 0.5) is 14.5 Å². The largest absolute Gasteiger partial charge is 0.461 e. The number of thioether (sulfide) groups is 2. The van der Waals surface area contributed by atoms with Crippen LogP contribution in [0.3, 0.4) is 0 Å². The molecule has 2 aromatic heterocycles. The molecule has 10 heteroatoms. The second-order valence-corrected chi connectivity index (χ2v) is 7.27. The van der Waals surface area contributed by atoms with Crippen molar-refractivity contribution in [2.45, 2.75) is 29.3 Å². The molecule has 0 bridgehead atoms. The van der Waals surface area contributed by atoms with Crippen molar-refractivity contribution in [3.8, 4) is 11.6 Å². The van der Waals surface area contributed by atoms with Gasteiger partial charge in [0, 0.05) is 17.1 Å². The molecule has 0 aliphatic heterocycles. The lowest BCUT2D eigenvalue weighted by molar-refractivity contribution is -0.113. The Morgan fingerprint density at radius 1 is 1.26 bits per heavy atom. The second-order valence-electron chi connectivity index (χ2n) is 5.27. The first-order chi connectivity index (χ1) is 13.1. The number of hydrogen-bond donors (Lipinski definition) is 1. The SMILES string of the molecule is CCn1c(SCC(=O)Nc2ccc(SC(F)F)cc2)nnc1-c1ccco1. The van der Waals surface area contributed by atoms with Crippen LogP contribution in [0.25, 0.3) is 11.6 Å². The summed E-state index contributed by atoms with van der Waals surface area (Å²) in [6.45, 7) is 2.59. The number of amides is 1. The molecule has 27 heavy (non-hydrogen) atoms. The first-order valence-corrected chi connectivity index (χ1v) is 9.88. The molecule has 0 radical (unpaired) electrons. The molecule has 6 nitrogen and oxygen atoms in total. The molecule has 0 fully saturated rings. The third-order valence-corrected chi connectivity index (χ3v) is 5.16. The van der Waals surface area contributed by atoms with E-state index in [0.717, 1.165) is 0 Å². The number of carbonyl (C=O) groups excluding carboxylic acids is 1. The van der Waals surface area contributed by atoms with E-state index in [-0.39, 0.29) is 11.7 Å². The number of hydrogen-bond acceptors (Lipinski definition) is 6. The maximum Gasteiger partial charge on any atom is 0.288 e. The van der Waals surface area contributed by atoms with Crippen molar-refractivity contribution >= 4 is 35.1 Å². The Kier molecular flexibility index (Phi) is 6.51. The number of nitrogens with one attached hydrogen (secondary N) is 1. The van der Waals surface area contributed by atoms with E-state index in [9.17, 15) is 13.6 Å². The summed E-state index contributed by atoms with van der Waals surface area (Å²) in [5.41, 5.74) is 0.549. The van der Waals surface area contributed by atoms with Gasteiger partial charge < -0.3 is 9.73 Å². The van der Waals surface area contributed by atoms with E-state index in [1.54, 1.807) is 42.7 Å². The maximum atomic E-state index is 12.3. The summed E-state index contributed by atoms with van der Waals surface area (Å²) < 4.78 is 31.9. The predicted octanol–water partition coefficient (Wildman–Crippen LogP) is 4.60. The zero-order valence-electron chi connectivity index (χ0n) is 14.3. The van der Waals surface area contributed by atoms with Gasteiger partial charge in [0.1, 0.15) is 0 Å². The van der Waals surface area contributed by atoms with E-state index in [1.807, 2.05) is 11.5 Å². The summed E-state index contributed by atoms with van der Waals surface area (Å²) >= 11 is 1.72. The van der Waals surface area contributed by atoms with Gasteiger partial charge in [-0.05, 0) is 43.3 Å². The van der Waals surface area contributed by atoms with Crippen LogP contribution in [0.1, 0.15) is 6.92 Å². The third kappa shape index (κ3) is 5.10. The first-order valence-electron chi connectivity index (χ1n) is 8.01. The van der Waals surface area contributed by atoms with Gasteiger partial charge in [-0.2, -0.15) is 8.78 Å². The monoisotopic (exact) mass is 410 g/mol. The van der Waals surface area contributed by atoms with Gasteiger partial charge in [-0.3, -0.25) is 9.36 Å².